The van der Waals surface area contributed by atoms with Crippen LogP contribution in [0.4, 0.5) is 0 Å². The Morgan fingerprint density at radius 1 is 1.12 bits per heavy atom. The third-order valence-corrected chi connectivity index (χ3v) is 5.56. The highest BCUT2D eigenvalue weighted by atomic mass is 35.5. The average molecular weight is 375 g/mol. The van der Waals surface area contributed by atoms with Gasteiger partial charge in [0.1, 0.15) is 0 Å². The second-order valence-corrected chi connectivity index (χ2v) is 7.42. The van der Waals surface area contributed by atoms with E-state index in [1.165, 1.54) is 19.3 Å². The summed E-state index contributed by atoms with van der Waals surface area (Å²) in [7, 11) is 0. The van der Waals surface area contributed by atoms with E-state index in [1.54, 1.807) is 0 Å². The third-order valence-electron chi connectivity index (χ3n) is 5.56. The van der Waals surface area contributed by atoms with Gasteiger partial charge in [-0.05, 0) is 18.8 Å². The molecule has 146 valence electrons. The fourth-order valence-corrected chi connectivity index (χ4v) is 3.56. The number of halogens is 1. The number of nitrogens with one attached hydrogen (secondary N) is 1. The Hall–Kier alpha value is -0.850. The van der Waals surface area contributed by atoms with Crippen molar-refractivity contribution in [3.05, 3.63) is 0 Å². The highest BCUT2D eigenvalue weighted by Gasteiger charge is 2.28. The van der Waals surface area contributed by atoms with Crippen molar-refractivity contribution >= 4 is 24.2 Å². The average Bonchev–Trinajstić information content (AvgIpc) is 2.61. The first-order valence-electron chi connectivity index (χ1n) is 9.57. The third kappa shape index (κ3) is 6.76. The van der Waals surface area contributed by atoms with Gasteiger partial charge in [0.05, 0.1) is 12.6 Å². The van der Waals surface area contributed by atoms with E-state index in [4.69, 9.17) is 5.73 Å². The molecule has 0 radical (unpaired) electrons. The zero-order valence-electron chi connectivity index (χ0n) is 15.7. The number of nitrogens with two attached hydrogens (primary N) is 1. The van der Waals surface area contributed by atoms with Crippen LogP contribution in [0.15, 0.2) is 0 Å². The van der Waals surface area contributed by atoms with Gasteiger partial charge in [0.25, 0.3) is 0 Å². The van der Waals surface area contributed by atoms with Crippen LogP contribution in [0.3, 0.4) is 0 Å². The first kappa shape index (κ1) is 22.2. The highest BCUT2D eigenvalue weighted by Crippen LogP contribution is 2.17. The van der Waals surface area contributed by atoms with Gasteiger partial charge in [-0.15, -0.1) is 12.4 Å². The minimum absolute atomic E-state index is 0. The summed E-state index contributed by atoms with van der Waals surface area (Å²) in [5.74, 6) is 0.380. The van der Waals surface area contributed by atoms with Crippen LogP contribution in [0.1, 0.15) is 52.4 Å². The molecule has 1 heterocycles. The molecule has 0 aromatic carbocycles. The zero-order valence-corrected chi connectivity index (χ0v) is 16.5. The number of rotatable bonds is 6. The van der Waals surface area contributed by atoms with Crippen LogP contribution in [0.25, 0.3) is 0 Å². The highest BCUT2D eigenvalue weighted by molar-refractivity contribution is 5.85. The van der Waals surface area contributed by atoms with Crippen molar-refractivity contribution in [1.82, 2.24) is 15.1 Å². The summed E-state index contributed by atoms with van der Waals surface area (Å²) in [5.41, 5.74) is 6.05. The molecule has 25 heavy (non-hydrogen) atoms. The number of hydrogen-bond donors (Lipinski definition) is 2. The molecular formula is C18H35ClN4O2. The molecule has 1 saturated heterocycles. The van der Waals surface area contributed by atoms with Crippen molar-refractivity contribution in [2.45, 2.75) is 64.5 Å². The maximum atomic E-state index is 12.4. The molecule has 1 saturated carbocycles. The molecule has 2 rings (SSSR count). The molecule has 7 heteroatoms. The van der Waals surface area contributed by atoms with Gasteiger partial charge in [-0.2, -0.15) is 0 Å². The van der Waals surface area contributed by atoms with Gasteiger partial charge >= 0.3 is 0 Å². The summed E-state index contributed by atoms with van der Waals surface area (Å²) in [6, 6.07) is -0.0428. The number of piperazine rings is 1. The minimum atomic E-state index is -0.406. The van der Waals surface area contributed by atoms with E-state index in [0.717, 1.165) is 32.4 Å². The van der Waals surface area contributed by atoms with E-state index in [0.29, 0.717) is 25.7 Å². The number of carbonyl (C=O) groups is 2. The lowest BCUT2D eigenvalue weighted by atomic mass is 9.95. The van der Waals surface area contributed by atoms with Crippen LogP contribution in [0.2, 0.25) is 0 Å². The smallest absolute Gasteiger partial charge is 0.239 e. The predicted molar refractivity (Wildman–Crippen MR) is 103 cm³/mol. The maximum Gasteiger partial charge on any atom is 0.239 e. The quantitative estimate of drug-likeness (QED) is 0.736. The van der Waals surface area contributed by atoms with E-state index >= 15 is 0 Å². The number of carbonyl (C=O) groups excluding carboxylic acids is 2. The Balaban J connectivity index is 0.00000312. The van der Waals surface area contributed by atoms with Gasteiger partial charge in [0.2, 0.25) is 11.8 Å². The van der Waals surface area contributed by atoms with E-state index in [2.05, 4.69) is 17.1 Å². The molecule has 1 aliphatic heterocycles. The van der Waals surface area contributed by atoms with Crippen molar-refractivity contribution in [2.75, 3.05) is 32.7 Å². The molecule has 2 aliphatic rings. The molecule has 0 aromatic heterocycles. The Kier molecular flexibility index (Phi) is 9.75. The second kappa shape index (κ2) is 11.0. The number of amides is 2. The van der Waals surface area contributed by atoms with Crippen LogP contribution in [-0.4, -0.2) is 66.4 Å². The van der Waals surface area contributed by atoms with Crippen LogP contribution < -0.4 is 11.1 Å². The van der Waals surface area contributed by atoms with Crippen LogP contribution in [-0.2, 0) is 9.59 Å². The molecule has 6 nitrogen and oxygen atoms in total. The van der Waals surface area contributed by atoms with Crippen molar-refractivity contribution < 1.29 is 9.59 Å². The van der Waals surface area contributed by atoms with Crippen molar-refractivity contribution in [3.63, 3.8) is 0 Å². The first-order chi connectivity index (χ1) is 11.5. The largest absolute Gasteiger partial charge is 0.352 e. The molecule has 2 amide bonds. The minimum Gasteiger partial charge on any atom is -0.352 e. The van der Waals surface area contributed by atoms with Crippen LogP contribution in [0.5, 0.6) is 0 Å². The van der Waals surface area contributed by atoms with Crippen molar-refractivity contribution in [2.24, 2.45) is 11.7 Å². The van der Waals surface area contributed by atoms with Gasteiger partial charge in [-0.1, -0.05) is 39.5 Å². The monoisotopic (exact) mass is 374 g/mol. The van der Waals surface area contributed by atoms with E-state index in [-0.39, 0.29) is 30.1 Å². The predicted octanol–water partition coefficient (Wildman–Crippen LogP) is 1.37. The summed E-state index contributed by atoms with van der Waals surface area (Å²) in [6.07, 6.45) is 6.88. The fraction of sp³-hybridized carbons (Fsp3) is 0.889. The Morgan fingerprint density at radius 3 is 2.28 bits per heavy atom. The van der Waals surface area contributed by atoms with Gasteiger partial charge in [0, 0.05) is 32.2 Å². The Bertz CT molecular complexity index is 421. The standard InChI is InChI=1S/C18H34N4O2.ClH/c1-3-14(2)17(19)18(24)22-11-9-21(10-12-22)13-16(23)20-15-7-5-4-6-8-15;/h14-15,17H,3-13,19H2,1-2H3,(H,20,23);1H. The van der Waals surface area contributed by atoms with Gasteiger partial charge in [-0.25, -0.2) is 0 Å². The Labute approximate surface area is 158 Å². The van der Waals surface area contributed by atoms with Crippen molar-refractivity contribution in [1.29, 1.82) is 0 Å². The Morgan fingerprint density at radius 2 is 1.72 bits per heavy atom. The lowest BCUT2D eigenvalue weighted by Crippen LogP contribution is -2.56. The number of hydrogen-bond acceptors (Lipinski definition) is 4. The van der Waals surface area contributed by atoms with Gasteiger partial charge in [-0.3, -0.25) is 14.5 Å². The molecule has 1 aliphatic carbocycles. The van der Waals surface area contributed by atoms with E-state index in [9.17, 15) is 9.59 Å². The summed E-state index contributed by atoms with van der Waals surface area (Å²) >= 11 is 0. The topological polar surface area (TPSA) is 78.7 Å². The number of nitrogens with zero attached hydrogens (tertiary/aromatic N) is 2. The second-order valence-electron chi connectivity index (χ2n) is 7.42. The lowest BCUT2D eigenvalue weighted by Gasteiger charge is -2.36. The first-order valence-corrected chi connectivity index (χ1v) is 9.57. The van der Waals surface area contributed by atoms with Crippen LogP contribution in [0, 0.1) is 5.92 Å². The van der Waals surface area contributed by atoms with Gasteiger partial charge in [0.15, 0.2) is 0 Å². The van der Waals surface area contributed by atoms with Crippen molar-refractivity contribution in [3.8, 4) is 0 Å². The molecule has 2 atom stereocenters. The van der Waals surface area contributed by atoms with E-state index < -0.39 is 6.04 Å². The van der Waals surface area contributed by atoms with Gasteiger partial charge < -0.3 is 16.0 Å². The molecule has 0 spiro atoms. The summed E-state index contributed by atoms with van der Waals surface area (Å²) < 4.78 is 0. The molecule has 3 N–H and O–H groups in total. The fourth-order valence-electron chi connectivity index (χ4n) is 3.56. The normalized spacial score (nSPS) is 22.0. The SMILES string of the molecule is CCC(C)C(N)C(=O)N1CCN(CC(=O)NC2CCCCC2)CC1.Cl. The van der Waals surface area contributed by atoms with E-state index in [1.807, 2.05) is 11.8 Å². The molecule has 2 fully saturated rings. The summed E-state index contributed by atoms with van der Waals surface area (Å²) in [4.78, 5) is 28.6. The molecule has 0 aromatic rings. The molecule has 2 unspecified atom stereocenters. The maximum absolute atomic E-state index is 12.4. The molecular weight excluding hydrogens is 340 g/mol. The summed E-state index contributed by atoms with van der Waals surface area (Å²) in [5, 5.41) is 3.16. The molecule has 0 bridgehead atoms. The van der Waals surface area contributed by atoms with Crippen LogP contribution >= 0.6 is 12.4 Å². The summed E-state index contributed by atoms with van der Waals surface area (Å²) in [6.45, 7) is 7.35. The lowest BCUT2D eigenvalue weighted by molar-refractivity contribution is -0.135. The zero-order chi connectivity index (χ0) is 17.5.